The summed E-state index contributed by atoms with van der Waals surface area (Å²) in [5.74, 6) is 0.770. The normalized spacial score (nSPS) is 20.6. The lowest BCUT2D eigenvalue weighted by Gasteiger charge is -2.20. The van der Waals surface area contributed by atoms with Crippen LogP contribution in [-0.4, -0.2) is 34.8 Å². The Kier molecular flexibility index (Phi) is 5.21. The molecule has 1 aliphatic heterocycles. The number of carbonyl (C=O) groups is 1. The van der Waals surface area contributed by atoms with Gasteiger partial charge in [0.05, 0.1) is 17.8 Å². The van der Waals surface area contributed by atoms with Gasteiger partial charge in [-0.3, -0.25) is 9.59 Å². The molecule has 6 nitrogen and oxygen atoms in total. The van der Waals surface area contributed by atoms with Gasteiger partial charge in [0.15, 0.2) is 0 Å². The number of hydrogen-bond donors (Lipinski definition) is 1. The first-order valence-electron chi connectivity index (χ1n) is 9.23. The summed E-state index contributed by atoms with van der Waals surface area (Å²) in [4.78, 5) is 26.7. The fourth-order valence-corrected chi connectivity index (χ4v) is 3.30. The number of anilines is 1. The second-order valence-electron chi connectivity index (χ2n) is 7.13. The molecule has 2 aliphatic rings. The minimum absolute atomic E-state index is 0.000467. The number of aromatic nitrogens is 2. The maximum atomic E-state index is 12.4. The molecule has 1 atom stereocenters. The summed E-state index contributed by atoms with van der Waals surface area (Å²) in [7, 11) is 0. The molecule has 6 heteroatoms. The van der Waals surface area contributed by atoms with Crippen molar-refractivity contribution in [3.8, 4) is 0 Å². The molecule has 1 N–H and O–H groups in total. The molecule has 1 saturated heterocycles. The van der Waals surface area contributed by atoms with E-state index in [0.717, 1.165) is 38.0 Å². The zero-order valence-electron chi connectivity index (χ0n) is 14.7. The van der Waals surface area contributed by atoms with Gasteiger partial charge in [-0.25, -0.2) is 4.68 Å². The lowest BCUT2D eigenvalue weighted by molar-refractivity contribution is -0.125. The fourth-order valence-electron chi connectivity index (χ4n) is 3.30. The third-order valence-electron chi connectivity index (χ3n) is 5.24. The Balaban J connectivity index is 1.59. The van der Waals surface area contributed by atoms with Gasteiger partial charge in [0.1, 0.15) is 0 Å². The van der Waals surface area contributed by atoms with Crippen molar-refractivity contribution in [1.82, 2.24) is 15.1 Å². The topological polar surface area (TPSA) is 67.2 Å². The Bertz CT molecular complexity index is 634. The molecule has 1 aromatic heterocycles. The molecule has 0 spiro atoms. The molecule has 2 heterocycles. The summed E-state index contributed by atoms with van der Waals surface area (Å²) in [5.41, 5.74) is 0.800. The minimum Gasteiger partial charge on any atom is -0.369 e. The largest absolute Gasteiger partial charge is 0.369 e. The van der Waals surface area contributed by atoms with E-state index in [-0.39, 0.29) is 23.4 Å². The summed E-state index contributed by atoms with van der Waals surface area (Å²) in [5, 5.41) is 7.44. The quantitative estimate of drug-likeness (QED) is 0.826. The lowest BCUT2D eigenvalue weighted by Crippen LogP contribution is -2.39. The second-order valence-corrected chi connectivity index (χ2v) is 7.13. The van der Waals surface area contributed by atoms with E-state index >= 15 is 0 Å². The van der Waals surface area contributed by atoms with Crippen LogP contribution in [0, 0.1) is 11.8 Å². The second kappa shape index (κ2) is 7.36. The summed E-state index contributed by atoms with van der Waals surface area (Å²) in [6.07, 6.45) is 6.93. The van der Waals surface area contributed by atoms with Crippen LogP contribution in [-0.2, 0) is 11.3 Å². The highest BCUT2D eigenvalue weighted by molar-refractivity contribution is 5.80. The fraction of sp³-hybridized carbons (Fsp3) is 0.722. The van der Waals surface area contributed by atoms with Crippen molar-refractivity contribution in [2.75, 3.05) is 18.0 Å². The monoisotopic (exact) mass is 332 g/mol. The smallest absolute Gasteiger partial charge is 0.268 e. The summed E-state index contributed by atoms with van der Waals surface area (Å²) >= 11 is 0. The van der Waals surface area contributed by atoms with Crippen LogP contribution < -0.4 is 15.8 Å². The van der Waals surface area contributed by atoms with Gasteiger partial charge in [-0.2, -0.15) is 5.10 Å². The van der Waals surface area contributed by atoms with Crippen LogP contribution in [0.3, 0.4) is 0 Å². The first-order valence-corrected chi connectivity index (χ1v) is 9.23. The average molecular weight is 332 g/mol. The predicted molar refractivity (Wildman–Crippen MR) is 94.1 cm³/mol. The Labute approximate surface area is 143 Å². The van der Waals surface area contributed by atoms with Crippen LogP contribution in [0.5, 0.6) is 0 Å². The molecule has 0 radical (unpaired) electrons. The molecule has 1 aliphatic carbocycles. The van der Waals surface area contributed by atoms with Crippen molar-refractivity contribution in [1.29, 1.82) is 0 Å². The van der Waals surface area contributed by atoms with E-state index in [9.17, 15) is 9.59 Å². The van der Waals surface area contributed by atoms with E-state index < -0.39 is 0 Å². The predicted octanol–water partition coefficient (Wildman–Crippen LogP) is 1.78. The molecular weight excluding hydrogens is 304 g/mol. The summed E-state index contributed by atoms with van der Waals surface area (Å²) < 4.78 is 1.56. The van der Waals surface area contributed by atoms with Gasteiger partial charge in [-0.1, -0.05) is 13.8 Å². The van der Waals surface area contributed by atoms with Gasteiger partial charge in [-0.05, 0) is 38.0 Å². The molecule has 132 valence electrons. The van der Waals surface area contributed by atoms with E-state index in [1.165, 1.54) is 12.8 Å². The first kappa shape index (κ1) is 17.0. The van der Waals surface area contributed by atoms with E-state index in [1.54, 1.807) is 16.9 Å². The number of rotatable bonds is 7. The van der Waals surface area contributed by atoms with Crippen molar-refractivity contribution in [3.63, 3.8) is 0 Å². The summed E-state index contributed by atoms with van der Waals surface area (Å²) in [6.45, 7) is 6.39. The lowest BCUT2D eigenvalue weighted by atomic mass is 10.1. The molecule has 0 aromatic carbocycles. The van der Waals surface area contributed by atoms with Gasteiger partial charge >= 0.3 is 0 Å². The maximum Gasteiger partial charge on any atom is 0.268 e. The van der Waals surface area contributed by atoms with Crippen LogP contribution in [0.1, 0.15) is 46.0 Å². The zero-order valence-corrected chi connectivity index (χ0v) is 14.7. The van der Waals surface area contributed by atoms with Crippen LogP contribution in [0.4, 0.5) is 5.69 Å². The van der Waals surface area contributed by atoms with E-state index in [0.29, 0.717) is 12.5 Å². The van der Waals surface area contributed by atoms with Crippen molar-refractivity contribution in [3.05, 3.63) is 22.6 Å². The first-order chi connectivity index (χ1) is 11.6. The van der Waals surface area contributed by atoms with Gasteiger partial charge in [0.25, 0.3) is 5.56 Å². The molecule has 1 unspecified atom stereocenters. The van der Waals surface area contributed by atoms with Gasteiger partial charge < -0.3 is 10.2 Å². The number of carbonyl (C=O) groups excluding carboxylic acids is 1. The highest BCUT2D eigenvalue weighted by atomic mass is 16.2. The van der Waals surface area contributed by atoms with E-state index in [2.05, 4.69) is 29.2 Å². The van der Waals surface area contributed by atoms with Crippen molar-refractivity contribution in [2.24, 2.45) is 11.8 Å². The van der Waals surface area contributed by atoms with Gasteiger partial charge in [-0.15, -0.1) is 0 Å². The maximum absolute atomic E-state index is 12.4. The summed E-state index contributed by atoms with van der Waals surface area (Å²) in [6, 6.07) is 1.93. The van der Waals surface area contributed by atoms with Gasteiger partial charge in [0.2, 0.25) is 5.91 Å². The third kappa shape index (κ3) is 3.97. The Morgan fingerprint density at radius 3 is 2.71 bits per heavy atom. The molecule has 2 fully saturated rings. The molecule has 0 bridgehead atoms. The number of nitrogens with zero attached hydrogens (tertiary/aromatic N) is 3. The molecule has 3 rings (SSSR count). The molecular formula is C18H28N4O2. The van der Waals surface area contributed by atoms with Crippen LogP contribution in [0.25, 0.3) is 0 Å². The number of amides is 1. The van der Waals surface area contributed by atoms with E-state index in [1.807, 2.05) is 0 Å². The van der Waals surface area contributed by atoms with Crippen molar-refractivity contribution >= 4 is 11.6 Å². The number of hydrogen-bond acceptors (Lipinski definition) is 4. The molecule has 1 aromatic rings. The molecule has 24 heavy (non-hydrogen) atoms. The Hall–Kier alpha value is -1.85. The molecule has 1 amide bonds. The average Bonchev–Trinajstić information content (AvgIpc) is 3.26. The minimum atomic E-state index is -0.0377. The van der Waals surface area contributed by atoms with Gasteiger partial charge in [0, 0.05) is 31.7 Å². The zero-order chi connectivity index (χ0) is 17.1. The van der Waals surface area contributed by atoms with Crippen LogP contribution in [0.2, 0.25) is 0 Å². The number of nitrogens with one attached hydrogen (secondary N) is 1. The standard InChI is InChI=1S/C18H28N4O2/c1-3-15(4-2)20-18(24)14-7-8-21(12-14)16-9-17(23)22(19-10-16)11-13-5-6-13/h9-10,13-15H,3-8,11-12H2,1-2H3,(H,20,24). The van der Waals surface area contributed by atoms with Crippen molar-refractivity contribution < 1.29 is 4.79 Å². The Morgan fingerprint density at radius 1 is 1.33 bits per heavy atom. The highest BCUT2D eigenvalue weighted by Crippen LogP contribution is 2.30. The SMILES string of the molecule is CCC(CC)NC(=O)C1CCN(c2cnn(CC3CC3)c(=O)c2)C1. The van der Waals surface area contributed by atoms with Crippen LogP contribution >= 0.6 is 0 Å². The molecule has 1 saturated carbocycles. The van der Waals surface area contributed by atoms with Crippen molar-refractivity contribution in [2.45, 2.75) is 58.5 Å². The van der Waals surface area contributed by atoms with Crippen LogP contribution in [0.15, 0.2) is 17.1 Å². The Morgan fingerprint density at radius 2 is 2.08 bits per heavy atom. The van der Waals surface area contributed by atoms with E-state index in [4.69, 9.17) is 0 Å². The third-order valence-corrected chi connectivity index (χ3v) is 5.24. The highest BCUT2D eigenvalue weighted by Gasteiger charge is 2.30.